The van der Waals surface area contributed by atoms with E-state index in [2.05, 4.69) is 4.98 Å². The lowest BCUT2D eigenvalue weighted by Gasteiger charge is -2.40. The van der Waals surface area contributed by atoms with Crippen molar-refractivity contribution in [2.24, 2.45) is 0 Å². The minimum absolute atomic E-state index is 0.0265. The number of ether oxygens (including phenoxy) is 2. The van der Waals surface area contributed by atoms with Crippen LogP contribution in [0.4, 0.5) is 0 Å². The molecular weight excluding hydrogens is 352 g/mol. The van der Waals surface area contributed by atoms with Crippen LogP contribution in [-0.2, 0) is 19.2 Å². The van der Waals surface area contributed by atoms with Gasteiger partial charge in [0.2, 0.25) is 5.79 Å². The number of hydrogen-bond acceptors (Lipinski definition) is 4. The SMILES string of the molecule is COC1(OC)C2(Cl)C(Cl)=C(Cl)C1(Cl)c1c(O)[nH]c(O)c12. The minimum atomic E-state index is -1.70. The van der Waals surface area contributed by atoms with E-state index in [1.165, 1.54) is 14.2 Å². The van der Waals surface area contributed by atoms with E-state index in [1.807, 2.05) is 0 Å². The average molecular weight is 361 g/mol. The van der Waals surface area contributed by atoms with E-state index in [0.29, 0.717) is 0 Å². The van der Waals surface area contributed by atoms with Crippen molar-refractivity contribution >= 4 is 46.4 Å². The van der Waals surface area contributed by atoms with E-state index in [0.717, 1.165) is 0 Å². The van der Waals surface area contributed by atoms with Gasteiger partial charge in [-0.25, -0.2) is 0 Å². The van der Waals surface area contributed by atoms with Crippen molar-refractivity contribution in [3.8, 4) is 11.8 Å². The average Bonchev–Trinajstić information content (AvgIpc) is 2.85. The van der Waals surface area contributed by atoms with E-state index in [4.69, 9.17) is 55.9 Å². The van der Waals surface area contributed by atoms with Crippen molar-refractivity contribution < 1.29 is 19.7 Å². The Morgan fingerprint density at radius 3 is 1.55 bits per heavy atom. The zero-order chi connectivity index (χ0) is 15.1. The molecule has 2 aliphatic carbocycles. The molecule has 0 saturated carbocycles. The molecular formula is C11H9Cl4NO4. The molecule has 0 amide bonds. The normalized spacial score (nSPS) is 33.9. The quantitative estimate of drug-likeness (QED) is 0.559. The highest BCUT2D eigenvalue weighted by atomic mass is 35.5. The Kier molecular flexibility index (Phi) is 2.86. The van der Waals surface area contributed by atoms with Crippen LogP contribution in [0.3, 0.4) is 0 Å². The van der Waals surface area contributed by atoms with E-state index in [1.54, 1.807) is 0 Å². The van der Waals surface area contributed by atoms with Gasteiger partial charge in [-0.1, -0.05) is 23.2 Å². The summed E-state index contributed by atoms with van der Waals surface area (Å²) < 4.78 is 10.8. The van der Waals surface area contributed by atoms with E-state index >= 15 is 0 Å². The second-order valence-corrected chi connectivity index (χ2v) is 6.43. The number of fused-ring (bicyclic) bond motifs is 5. The fourth-order valence-electron chi connectivity index (χ4n) is 3.17. The van der Waals surface area contributed by atoms with Crippen LogP contribution in [-0.4, -0.2) is 35.2 Å². The number of rotatable bonds is 2. The molecule has 110 valence electrons. The third-order valence-electron chi connectivity index (χ3n) is 3.93. The van der Waals surface area contributed by atoms with Crippen molar-refractivity contribution in [2.45, 2.75) is 15.5 Å². The predicted molar refractivity (Wildman–Crippen MR) is 74.7 cm³/mol. The molecule has 2 aliphatic rings. The van der Waals surface area contributed by atoms with E-state index in [-0.39, 0.29) is 33.0 Å². The number of aromatic nitrogens is 1. The van der Waals surface area contributed by atoms with Gasteiger partial charge in [-0.05, 0) is 0 Å². The standard InChI is InChI=1S/C11H9Cl4NO4/c1-19-11(20-2)9(14)3-4(8(18)16-7(3)17)10(11,15)6(13)5(9)12/h16-18H,1-2H3. The second kappa shape index (κ2) is 3.91. The first-order chi connectivity index (χ1) is 9.24. The van der Waals surface area contributed by atoms with Gasteiger partial charge in [-0.15, -0.1) is 23.2 Å². The summed E-state index contributed by atoms with van der Waals surface area (Å²) in [6.07, 6.45) is 0. The topological polar surface area (TPSA) is 74.7 Å². The maximum absolute atomic E-state index is 9.99. The monoisotopic (exact) mass is 359 g/mol. The first-order valence-corrected chi connectivity index (χ1v) is 6.94. The second-order valence-electron chi connectivity index (χ2n) is 4.54. The van der Waals surface area contributed by atoms with Gasteiger partial charge in [0.05, 0.1) is 21.2 Å². The zero-order valence-electron chi connectivity index (χ0n) is 10.2. The number of aromatic hydroxyl groups is 2. The summed E-state index contributed by atoms with van der Waals surface area (Å²) in [6.45, 7) is 0. The Morgan fingerprint density at radius 2 is 1.25 bits per heavy atom. The summed E-state index contributed by atoms with van der Waals surface area (Å²) in [4.78, 5) is -1.00. The lowest BCUT2D eigenvalue weighted by Crippen LogP contribution is -2.53. The van der Waals surface area contributed by atoms with Crippen LogP contribution in [0.5, 0.6) is 11.8 Å². The Balaban J connectivity index is 2.49. The highest BCUT2D eigenvalue weighted by Crippen LogP contribution is 2.77. The number of alkyl halides is 2. The summed E-state index contributed by atoms with van der Waals surface area (Å²) in [6, 6.07) is 0. The number of aromatic amines is 1. The summed E-state index contributed by atoms with van der Waals surface area (Å²) in [5.74, 6) is -2.46. The molecule has 0 aromatic carbocycles. The highest BCUT2D eigenvalue weighted by molar-refractivity contribution is 6.52. The molecule has 0 spiro atoms. The zero-order valence-corrected chi connectivity index (χ0v) is 13.2. The van der Waals surface area contributed by atoms with Crippen LogP contribution in [0.1, 0.15) is 11.1 Å². The molecule has 1 heterocycles. The van der Waals surface area contributed by atoms with Crippen molar-refractivity contribution in [1.29, 1.82) is 0 Å². The molecule has 0 radical (unpaired) electrons. The first-order valence-electron chi connectivity index (χ1n) is 5.43. The lowest BCUT2D eigenvalue weighted by molar-refractivity contribution is -0.229. The number of nitrogens with one attached hydrogen (secondary N) is 1. The summed E-state index contributed by atoms with van der Waals surface area (Å²) in [5, 5.41) is 19.9. The number of hydrogen-bond donors (Lipinski definition) is 3. The Morgan fingerprint density at radius 1 is 0.900 bits per heavy atom. The molecule has 0 aliphatic heterocycles. The fourth-order valence-corrected chi connectivity index (χ4v) is 5.18. The van der Waals surface area contributed by atoms with Gasteiger partial charge in [0.25, 0.3) is 0 Å². The largest absolute Gasteiger partial charge is 0.494 e. The van der Waals surface area contributed by atoms with Crippen LogP contribution in [0, 0.1) is 0 Å². The molecule has 3 rings (SSSR count). The molecule has 0 saturated heterocycles. The van der Waals surface area contributed by atoms with Crippen molar-refractivity contribution in [3.05, 3.63) is 21.2 Å². The van der Waals surface area contributed by atoms with Gasteiger partial charge in [-0.3, -0.25) is 4.98 Å². The highest BCUT2D eigenvalue weighted by Gasteiger charge is 2.82. The van der Waals surface area contributed by atoms with E-state index in [9.17, 15) is 10.2 Å². The Labute approximate surface area is 134 Å². The van der Waals surface area contributed by atoms with Crippen LogP contribution >= 0.6 is 46.4 Å². The first kappa shape index (κ1) is 14.6. The van der Waals surface area contributed by atoms with Crippen molar-refractivity contribution in [2.75, 3.05) is 14.2 Å². The number of H-pyrrole nitrogens is 1. The molecule has 2 unspecified atom stereocenters. The Bertz CT molecular complexity index is 605. The van der Waals surface area contributed by atoms with Gasteiger partial charge in [0.15, 0.2) is 21.5 Å². The molecule has 2 bridgehead atoms. The van der Waals surface area contributed by atoms with E-state index < -0.39 is 15.5 Å². The third kappa shape index (κ3) is 1.08. The molecule has 2 atom stereocenters. The third-order valence-corrected chi connectivity index (χ3v) is 6.42. The molecule has 0 fully saturated rings. The van der Waals surface area contributed by atoms with Crippen molar-refractivity contribution in [1.82, 2.24) is 4.98 Å². The summed E-state index contributed by atoms with van der Waals surface area (Å²) >= 11 is 25.6. The minimum Gasteiger partial charge on any atom is -0.494 e. The molecule has 1 aromatic rings. The van der Waals surface area contributed by atoms with Crippen LogP contribution in [0.25, 0.3) is 0 Å². The predicted octanol–water partition coefficient (Wildman–Crippen LogP) is 3.00. The van der Waals surface area contributed by atoms with Gasteiger partial charge in [0.1, 0.15) is 0 Å². The number of halogens is 4. The number of methoxy groups -OCH3 is 2. The fraction of sp³-hybridized carbons (Fsp3) is 0.455. The summed E-state index contributed by atoms with van der Waals surface area (Å²) in [7, 11) is 2.64. The van der Waals surface area contributed by atoms with Gasteiger partial charge < -0.3 is 19.7 Å². The maximum Gasteiger partial charge on any atom is 0.226 e. The van der Waals surface area contributed by atoms with Crippen LogP contribution < -0.4 is 0 Å². The molecule has 3 N–H and O–H groups in total. The van der Waals surface area contributed by atoms with Gasteiger partial charge >= 0.3 is 0 Å². The van der Waals surface area contributed by atoms with Crippen molar-refractivity contribution in [3.63, 3.8) is 0 Å². The van der Waals surface area contributed by atoms with Crippen LogP contribution in [0.15, 0.2) is 10.1 Å². The molecule has 20 heavy (non-hydrogen) atoms. The summed E-state index contributed by atoms with van der Waals surface area (Å²) in [5.41, 5.74) is 0.175. The van der Waals surface area contributed by atoms with Crippen LogP contribution in [0.2, 0.25) is 0 Å². The Hall–Kier alpha value is -0.300. The maximum atomic E-state index is 9.99. The molecule has 5 nitrogen and oxygen atoms in total. The smallest absolute Gasteiger partial charge is 0.226 e. The van der Waals surface area contributed by atoms with Gasteiger partial charge in [-0.2, -0.15) is 0 Å². The molecule has 9 heteroatoms. The molecule has 1 aromatic heterocycles. The van der Waals surface area contributed by atoms with Gasteiger partial charge in [0, 0.05) is 14.2 Å². The lowest BCUT2D eigenvalue weighted by atomic mass is 9.99.